The first-order valence-corrected chi connectivity index (χ1v) is 8.48. The van der Waals surface area contributed by atoms with Gasteiger partial charge in [-0.2, -0.15) is 0 Å². The summed E-state index contributed by atoms with van der Waals surface area (Å²) in [6, 6.07) is 4.58. The van der Waals surface area contributed by atoms with Crippen LogP contribution in [0.15, 0.2) is 23.1 Å². The Labute approximate surface area is 130 Å². The Morgan fingerprint density at radius 2 is 2.00 bits per heavy atom. The Morgan fingerprint density at radius 3 is 2.52 bits per heavy atom. The molecule has 0 aliphatic carbocycles. The van der Waals surface area contributed by atoms with Crippen molar-refractivity contribution in [2.75, 3.05) is 6.54 Å². The quantitative estimate of drug-likeness (QED) is 0.803. The molecule has 0 fully saturated rings. The SMILES string of the molecule is Cc1ccc(Cl)cc1S(=O)(=O)NCC(CC(C)C)C(=O)O. The number of sulfonamides is 1. The molecule has 0 aliphatic rings. The molecule has 0 heterocycles. The van der Waals surface area contributed by atoms with Crippen LogP contribution in [0.5, 0.6) is 0 Å². The lowest BCUT2D eigenvalue weighted by Crippen LogP contribution is -2.34. The highest BCUT2D eigenvalue weighted by Gasteiger charge is 2.23. The van der Waals surface area contributed by atoms with Crippen molar-refractivity contribution in [3.63, 3.8) is 0 Å². The summed E-state index contributed by atoms with van der Waals surface area (Å²) in [5, 5.41) is 9.45. The van der Waals surface area contributed by atoms with E-state index in [2.05, 4.69) is 4.72 Å². The number of carboxylic acid groups (broad SMARTS) is 1. The van der Waals surface area contributed by atoms with Crippen LogP contribution in [0.2, 0.25) is 5.02 Å². The van der Waals surface area contributed by atoms with Crippen LogP contribution in [-0.4, -0.2) is 26.0 Å². The molecular formula is C14H20ClNO4S. The van der Waals surface area contributed by atoms with Gasteiger partial charge in [0, 0.05) is 11.6 Å². The van der Waals surface area contributed by atoms with E-state index < -0.39 is 21.9 Å². The number of hydrogen-bond donors (Lipinski definition) is 2. The van der Waals surface area contributed by atoms with Crippen LogP contribution >= 0.6 is 11.6 Å². The van der Waals surface area contributed by atoms with Crippen molar-refractivity contribution in [2.45, 2.75) is 32.1 Å². The number of rotatable bonds is 7. The van der Waals surface area contributed by atoms with Gasteiger partial charge in [0.05, 0.1) is 10.8 Å². The highest BCUT2D eigenvalue weighted by Crippen LogP contribution is 2.20. The lowest BCUT2D eigenvalue weighted by Gasteiger charge is -2.16. The molecule has 0 aliphatic heterocycles. The fourth-order valence-electron chi connectivity index (χ4n) is 1.99. The number of halogens is 1. The number of aliphatic carboxylic acids is 1. The third-order valence-electron chi connectivity index (χ3n) is 3.06. The molecule has 1 atom stereocenters. The summed E-state index contributed by atoms with van der Waals surface area (Å²) in [4.78, 5) is 11.2. The van der Waals surface area contributed by atoms with E-state index in [0.29, 0.717) is 17.0 Å². The molecule has 1 aromatic rings. The molecule has 0 aromatic heterocycles. The summed E-state index contributed by atoms with van der Waals surface area (Å²) >= 11 is 5.82. The largest absolute Gasteiger partial charge is 0.481 e. The Hall–Kier alpha value is -1.11. The summed E-state index contributed by atoms with van der Waals surface area (Å²) < 4.78 is 26.9. The van der Waals surface area contributed by atoms with Crippen molar-refractivity contribution >= 4 is 27.6 Å². The van der Waals surface area contributed by atoms with Crippen molar-refractivity contribution in [3.8, 4) is 0 Å². The second kappa shape index (κ2) is 7.24. The highest BCUT2D eigenvalue weighted by molar-refractivity contribution is 7.89. The highest BCUT2D eigenvalue weighted by atomic mass is 35.5. The standard InChI is InChI=1S/C14H20ClNO4S/c1-9(2)6-11(14(17)18)8-16-21(19,20)13-7-12(15)5-4-10(13)3/h4-5,7,9,11,16H,6,8H2,1-3H3,(H,17,18). The normalized spacial score (nSPS) is 13.4. The second-order valence-electron chi connectivity index (χ2n) is 5.43. The van der Waals surface area contributed by atoms with Crippen LogP contribution in [0.4, 0.5) is 0 Å². The average Bonchev–Trinajstić information content (AvgIpc) is 2.36. The zero-order chi connectivity index (χ0) is 16.2. The number of hydrogen-bond acceptors (Lipinski definition) is 3. The lowest BCUT2D eigenvalue weighted by atomic mass is 9.98. The van der Waals surface area contributed by atoms with E-state index in [-0.39, 0.29) is 17.4 Å². The van der Waals surface area contributed by atoms with E-state index in [4.69, 9.17) is 16.7 Å². The number of aryl methyl sites for hydroxylation is 1. The van der Waals surface area contributed by atoms with E-state index in [1.165, 1.54) is 6.07 Å². The summed E-state index contributed by atoms with van der Waals surface area (Å²) in [5.74, 6) is -1.59. The predicted octanol–water partition coefficient (Wildman–Crippen LogP) is 2.67. The predicted molar refractivity (Wildman–Crippen MR) is 82.0 cm³/mol. The first-order valence-electron chi connectivity index (χ1n) is 6.62. The van der Waals surface area contributed by atoms with Crippen molar-refractivity contribution in [2.24, 2.45) is 11.8 Å². The molecule has 0 saturated heterocycles. The zero-order valence-electron chi connectivity index (χ0n) is 12.3. The summed E-state index contributed by atoms with van der Waals surface area (Å²) in [5.41, 5.74) is 0.558. The van der Waals surface area contributed by atoms with Crippen molar-refractivity contribution in [1.29, 1.82) is 0 Å². The Kier molecular flexibility index (Phi) is 6.19. The van der Waals surface area contributed by atoms with Gasteiger partial charge < -0.3 is 5.11 Å². The maximum Gasteiger partial charge on any atom is 0.307 e. The van der Waals surface area contributed by atoms with Gasteiger partial charge in [-0.3, -0.25) is 4.79 Å². The van der Waals surface area contributed by atoms with E-state index in [9.17, 15) is 13.2 Å². The zero-order valence-corrected chi connectivity index (χ0v) is 13.8. The van der Waals surface area contributed by atoms with Crippen LogP contribution in [0.1, 0.15) is 25.8 Å². The van der Waals surface area contributed by atoms with Crippen molar-refractivity contribution < 1.29 is 18.3 Å². The van der Waals surface area contributed by atoms with E-state index in [1.807, 2.05) is 13.8 Å². The van der Waals surface area contributed by atoms with E-state index in [0.717, 1.165) is 0 Å². The molecule has 0 amide bonds. The summed E-state index contributed by atoms with van der Waals surface area (Å²) in [7, 11) is -3.78. The Bertz CT molecular complexity index is 613. The van der Waals surface area contributed by atoms with Crippen LogP contribution < -0.4 is 4.72 Å². The third kappa shape index (κ3) is 5.30. The van der Waals surface area contributed by atoms with Crippen LogP contribution in [0.3, 0.4) is 0 Å². The van der Waals surface area contributed by atoms with Gasteiger partial charge in [-0.15, -0.1) is 0 Å². The minimum Gasteiger partial charge on any atom is -0.481 e. The minimum atomic E-state index is -3.78. The fraction of sp³-hybridized carbons (Fsp3) is 0.500. The maximum absolute atomic E-state index is 12.3. The summed E-state index contributed by atoms with van der Waals surface area (Å²) in [6.07, 6.45) is 0.409. The lowest BCUT2D eigenvalue weighted by molar-refractivity contribution is -0.142. The van der Waals surface area contributed by atoms with E-state index >= 15 is 0 Å². The number of benzene rings is 1. The minimum absolute atomic E-state index is 0.0729. The molecule has 2 N–H and O–H groups in total. The molecular weight excluding hydrogens is 314 g/mol. The molecule has 0 bridgehead atoms. The van der Waals surface area contributed by atoms with Gasteiger partial charge in [-0.1, -0.05) is 31.5 Å². The van der Waals surface area contributed by atoms with Gasteiger partial charge in [0.25, 0.3) is 0 Å². The molecule has 118 valence electrons. The van der Waals surface area contributed by atoms with Gasteiger partial charge >= 0.3 is 5.97 Å². The van der Waals surface area contributed by atoms with Gasteiger partial charge in [-0.05, 0) is 37.0 Å². The first kappa shape index (κ1) is 17.9. The topological polar surface area (TPSA) is 83.5 Å². The Balaban J connectivity index is 2.89. The number of carboxylic acids is 1. The molecule has 1 unspecified atom stereocenters. The third-order valence-corrected chi connectivity index (χ3v) is 4.87. The van der Waals surface area contributed by atoms with Crippen molar-refractivity contribution in [1.82, 2.24) is 4.72 Å². The fourth-order valence-corrected chi connectivity index (χ4v) is 3.58. The molecule has 1 aromatic carbocycles. The molecule has 21 heavy (non-hydrogen) atoms. The average molecular weight is 334 g/mol. The van der Waals surface area contributed by atoms with Crippen LogP contribution in [0, 0.1) is 18.8 Å². The number of carbonyl (C=O) groups is 1. The molecule has 0 saturated carbocycles. The molecule has 5 nitrogen and oxygen atoms in total. The molecule has 7 heteroatoms. The number of nitrogens with one attached hydrogen (secondary N) is 1. The maximum atomic E-state index is 12.3. The van der Waals surface area contributed by atoms with E-state index in [1.54, 1.807) is 19.1 Å². The van der Waals surface area contributed by atoms with Crippen LogP contribution in [0.25, 0.3) is 0 Å². The van der Waals surface area contributed by atoms with Crippen LogP contribution in [-0.2, 0) is 14.8 Å². The monoisotopic (exact) mass is 333 g/mol. The second-order valence-corrected chi connectivity index (χ2v) is 7.60. The van der Waals surface area contributed by atoms with Crippen molar-refractivity contribution in [3.05, 3.63) is 28.8 Å². The molecule has 0 spiro atoms. The van der Waals surface area contributed by atoms with Gasteiger partial charge in [0.15, 0.2) is 0 Å². The molecule has 1 rings (SSSR count). The molecule has 0 radical (unpaired) electrons. The summed E-state index contributed by atoms with van der Waals surface area (Å²) in [6.45, 7) is 5.31. The first-order chi connectivity index (χ1) is 9.63. The van der Waals surface area contributed by atoms with Gasteiger partial charge in [-0.25, -0.2) is 13.1 Å². The smallest absolute Gasteiger partial charge is 0.307 e. The Morgan fingerprint density at radius 1 is 1.38 bits per heavy atom. The van der Waals surface area contributed by atoms with Gasteiger partial charge in [0.1, 0.15) is 0 Å². The van der Waals surface area contributed by atoms with Gasteiger partial charge in [0.2, 0.25) is 10.0 Å².